The molecule has 0 amide bonds. The number of allylic oxidation sites excluding steroid dienone is 4. The van der Waals surface area contributed by atoms with Gasteiger partial charge in [0.25, 0.3) is 0 Å². The van der Waals surface area contributed by atoms with Gasteiger partial charge in [-0.1, -0.05) is 51.6 Å². The van der Waals surface area contributed by atoms with Gasteiger partial charge in [0.15, 0.2) is 0 Å². The molecule has 170 valence electrons. The number of hydrogen-bond acceptors (Lipinski definition) is 2. The number of rotatable bonds is 10. The molecule has 0 fully saturated rings. The zero-order chi connectivity index (χ0) is 24.0. The second-order valence-corrected chi connectivity index (χ2v) is 9.52. The minimum atomic E-state index is -1.44. The van der Waals surface area contributed by atoms with E-state index in [1.54, 1.807) is 20.1 Å². The molecule has 1 aromatic carbocycles. The maximum atomic E-state index is 14.7. The molecule has 1 N–H and O–H groups in total. The monoisotopic (exact) mass is 424 g/mol. The number of halogens is 1. The van der Waals surface area contributed by atoms with E-state index in [-0.39, 0.29) is 11.5 Å². The van der Waals surface area contributed by atoms with Crippen molar-refractivity contribution in [2.24, 2.45) is 10.4 Å². The third-order valence-corrected chi connectivity index (χ3v) is 5.56. The largest absolute Gasteiger partial charge is 0.378 e. The minimum Gasteiger partial charge on any atom is -0.378 e. The quantitative estimate of drug-likeness (QED) is 0.295. The van der Waals surface area contributed by atoms with Gasteiger partial charge >= 0.3 is 0 Å². The van der Waals surface area contributed by atoms with Gasteiger partial charge in [-0.25, -0.2) is 4.39 Å². The summed E-state index contributed by atoms with van der Waals surface area (Å²) in [4.78, 5) is 4.31. The van der Waals surface area contributed by atoms with Gasteiger partial charge in [-0.3, -0.25) is 4.99 Å². The molecule has 0 aliphatic carbocycles. The maximum Gasteiger partial charge on any atom is 0.130 e. The smallest absolute Gasteiger partial charge is 0.130 e. The summed E-state index contributed by atoms with van der Waals surface area (Å²) in [5.74, 6) is 0. The maximum absolute atomic E-state index is 14.7. The highest BCUT2D eigenvalue weighted by atomic mass is 19.1. The molecular weight excluding hydrogens is 383 g/mol. The number of anilines is 1. The summed E-state index contributed by atoms with van der Waals surface area (Å²) in [7, 11) is 0. The summed E-state index contributed by atoms with van der Waals surface area (Å²) in [5, 5.41) is 3.62. The molecule has 1 rings (SSSR count). The van der Waals surface area contributed by atoms with Crippen molar-refractivity contribution in [3.05, 3.63) is 71.5 Å². The van der Waals surface area contributed by atoms with E-state index >= 15 is 0 Å². The van der Waals surface area contributed by atoms with Crippen molar-refractivity contribution in [3.63, 3.8) is 0 Å². The number of benzene rings is 1. The highest BCUT2D eigenvalue weighted by Crippen LogP contribution is 2.34. The standard InChI is InChI=1S/C28H41FN2/c1-12-27(8,9)18-25(19(3)4)22(7)31-26-15-14-23(28(10,11)29)17-24(26)20(5)16-21(6)30-13-2/h13-18,22,31H,3,5,12H2,1-2,4,6-11H3/b21-16-,25-18+,30-13-. The highest BCUT2D eigenvalue weighted by molar-refractivity contribution is 5.82. The molecule has 0 aliphatic rings. The molecule has 1 atom stereocenters. The minimum absolute atomic E-state index is 0.0397. The number of hydrogen-bond donors (Lipinski definition) is 1. The van der Waals surface area contributed by atoms with Crippen LogP contribution in [0.2, 0.25) is 0 Å². The van der Waals surface area contributed by atoms with Gasteiger partial charge in [0, 0.05) is 29.2 Å². The molecule has 0 saturated heterocycles. The topological polar surface area (TPSA) is 24.4 Å². The summed E-state index contributed by atoms with van der Waals surface area (Å²) in [6.45, 7) is 26.2. The predicted octanol–water partition coefficient (Wildman–Crippen LogP) is 8.64. The second-order valence-electron chi connectivity index (χ2n) is 9.52. The van der Waals surface area contributed by atoms with Gasteiger partial charge in [0.05, 0.1) is 0 Å². The van der Waals surface area contributed by atoms with Crippen LogP contribution in [-0.4, -0.2) is 12.3 Å². The van der Waals surface area contributed by atoms with Gasteiger partial charge in [0.1, 0.15) is 5.67 Å². The van der Waals surface area contributed by atoms with Crippen molar-refractivity contribution in [1.29, 1.82) is 0 Å². The fourth-order valence-electron chi connectivity index (χ4n) is 3.33. The van der Waals surface area contributed by atoms with Crippen LogP contribution in [0, 0.1) is 5.41 Å². The van der Waals surface area contributed by atoms with Crippen LogP contribution in [0.25, 0.3) is 5.57 Å². The van der Waals surface area contributed by atoms with Crippen molar-refractivity contribution in [3.8, 4) is 0 Å². The van der Waals surface area contributed by atoms with Crippen LogP contribution < -0.4 is 5.32 Å². The summed E-state index contributed by atoms with van der Waals surface area (Å²) in [6, 6.07) is 5.71. The normalized spacial score (nSPS) is 14.6. The molecule has 0 bridgehead atoms. The van der Waals surface area contributed by atoms with Crippen molar-refractivity contribution < 1.29 is 4.39 Å². The predicted molar refractivity (Wildman–Crippen MR) is 138 cm³/mol. The van der Waals surface area contributed by atoms with Crippen LogP contribution in [0.15, 0.2) is 65.3 Å². The zero-order valence-corrected chi connectivity index (χ0v) is 21.0. The van der Waals surface area contributed by atoms with Gasteiger partial charge in [-0.2, -0.15) is 0 Å². The lowest BCUT2D eigenvalue weighted by Gasteiger charge is -2.27. The van der Waals surface area contributed by atoms with Crippen LogP contribution in [-0.2, 0) is 5.67 Å². The molecule has 1 aromatic rings. The first-order chi connectivity index (χ1) is 14.2. The summed E-state index contributed by atoms with van der Waals surface area (Å²) in [5.41, 5.74) is 4.91. The first-order valence-corrected chi connectivity index (χ1v) is 11.1. The lowest BCUT2D eigenvalue weighted by atomic mass is 9.84. The Kier molecular flexibility index (Phi) is 9.23. The Morgan fingerprint density at radius 3 is 2.29 bits per heavy atom. The van der Waals surface area contributed by atoms with E-state index in [2.05, 4.69) is 57.2 Å². The number of aliphatic imine (C=N–C) groups is 1. The SMILES string of the molecule is C=C(C)/C(=C\C(C)(C)CC)C(C)Nc1ccc(C(C)(C)F)cc1C(=C)/C=C(C)\N=C/C. The lowest BCUT2D eigenvalue weighted by Crippen LogP contribution is -2.22. The van der Waals surface area contributed by atoms with E-state index in [1.165, 1.54) is 5.57 Å². The third kappa shape index (κ3) is 7.97. The van der Waals surface area contributed by atoms with Crippen LogP contribution >= 0.6 is 0 Å². The Morgan fingerprint density at radius 2 is 1.81 bits per heavy atom. The molecule has 31 heavy (non-hydrogen) atoms. The Morgan fingerprint density at radius 1 is 1.19 bits per heavy atom. The lowest BCUT2D eigenvalue weighted by molar-refractivity contribution is 0.221. The molecule has 2 nitrogen and oxygen atoms in total. The molecular formula is C28H41FN2. The number of alkyl halides is 1. The fraction of sp³-hybridized carbons (Fsp3) is 0.464. The van der Waals surface area contributed by atoms with Crippen molar-refractivity contribution in [1.82, 2.24) is 0 Å². The molecule has 0 spiro atoms. The van der Waals surface area contributed by atoms with Crippen LogP contribution in [0.4, 0.5) is 10.1 Å². The van der Waals surface area contributed by atoms with Crippen molar-refractivity contribution >= 4 is 17.5 Å². The third-order valence-electron chi connectivity index (χ3n) is 5.56. The van der Waals surface area contributed by atoms with E-state index in [0.29, 0.717) is 5.56 Å². The first-order valence-electron chi connectivity index (χ1n) is 11.1. The average molecular weight is 425 g/mol. The van der Waals surface area contributed by atoms with Gasteiger partial charge < -0.3 is 5.32 Å². The summed E-state index contributed by atoms with van der Waals surface area (Å²) in [6.07, 6.45) is 7.03. The van der Waals surface area contributed by atoms with Crippen LogP contribution in [0.1, 0.15) is 79.9 Å². The molecule has 0 radical (unpaired) electrons. The van der Waals surface area contributed by atoms with E-state index in [1.807, 2.05) is 45.0 Å². The van der Waals surface area contributed by atoms with Gasteiger partial charge in [0.2, 0.25) is 0 Å². The molecule has 3 heteroatoms. The molecule has 0 saturated carbocycles. The fourth-order valence-corrected chi connectivity index (χ4v) is 3.33. The molecule has 0 aliphatic heterocycles. The number of nitrogens with one attached hydrogen (secondary N) is 1. The van der Waals surface area contributed by atoms with Crippen molar-refractivity contribution in [2.45, 2.75) is 80.4 Å². The second kappa shape index (κ2) is 10.7. The molecule has 0 heterocycles. The highest BCUT2D eigenvalue weighted by Gasteiger charge is 2.22. The van der Waals surface area contributed by atoms with Crippen LogP contribution in [0.3, 0.4) is 0 Å². The zero-order valence-electron chi connectivity index (χ0n) is 21.0. The number of nitrogens with zero attached hydrogens (tertiary/aromatic N) is 1. The van der Waals surface area contributed by atoms with E-state index in [0.717, 1.165) is 34.5 Å². The van der Waals surface area contributed by atoms with Gasteiger partial charge in [-0.15, -0.1) is 0 Å². The van der Waals surface area contributed by atoms with Gasteiger partial charge in [-0.05, 0) is 88.3 Å². The Bertz CT molecular complexity index is 892. The Balaban J connectivity index is 3.48. The first kappa shape index (κ1) is 26.6. The van der Waals surface area contributed by atoms with Crippen molar-refractivity contribution in [2.75, 3.05) is 5.32 Å². The van der Waals surface area contributed by atoms with Crippen LogP contribution in [0.5, 0.6) is 0 Å². The molecule has 0 aromatic heterocycles. The Hall–Kier alpha value is -2.42. The summed E-state index contributed by atoms with van der Waals surface area (Å²) < 4.78 is 14.7. The van der Waals surface area contributed by atoms with E-state index < -0.39 is 5.67 Å². The van der Waals surface area contributed by atoms with E-state index in [9.17, 15) is 4.39 Å². The Labute approximate surface area is 189 Å². The van der Waals surface area contributed by atoms with E-state index in [4.69, 9.17) is 0 Å². The summed E-state index contributed by atoms with van der Waals surface area (Å²) >= 11 is 0. The average Bonchev–Trinajstić information content (AvgIpc) is 2.65. The molecule has 1 unspecified atom stereocenters.